The van der Waals surface area contributed by atoms with Crippen LogP contribution in [-0.4, -0.2) is 9.97 Å². The molecule has 3 heteroatoms. The van der Waals surface area contributed by atoms with E-state index in [-0.39, 0.29) is 0 Å². The Kier molecular flexibility index (Phi) is 4.80. The molecule has 0 radical (unpaired) electrons. The maximum atomic E-state index is 4.73. The van der Waals surface area contributed by atoms with E-state index < -0.39 is 0 Å². The molecule has 0 fully saturated rings. The minimum Gasteiger partial charge on any atom is -0.252 e. The largest absolute Gasteiger partial charge is 0.252 e. The van der Waals surface area contributed by atoms with Gasteiger partial charge in [-0.2, -0.15) is 0 Å². The quantitative estimate of drug-likeness (QED) is 0.205. The van der Waals surface area contributed by atoms with Crippen LogP contribution in [0.15, 0.2) is 134 Å². The molecule has 2 heterocycles. The normalized spacial score (nSPS) is 11.9. The molecular formula is C38H22N2S. The lowest BCUT2D eigenvalue weighted by Gasteiger charge is -2.14. The summed E-state index contributed by atoms with van der Waals surface area (Å²) in [4.78, 5) is 9.42. The molecule has 0 aliphatic carbocycles. The van der Waals surface area contributed by atoms with Crippen LogP contribution in [0.4, 0.5) is 0 Å². The number of nitrogens with zero attached hydrogens (tertiary/aromatic N) is 2. The van der Waals surface area contributed by atoms with Crippen molar-refractivity contribution in [2.24, 2.45) is 0 Å². The fraction of sp³-hybridized carbons (Fsp3) is 0. The average molecular weight is 539 g/mol. The third-order valence-electron chi connectivity index (χ3n) is 8.37. The van der Waals surface area contributed by atoms with Gasteiger partial charge in [-0.3, -0.25) is 9.97 Å². The smallest absolute Gasteiger partial charge is 0.0971 e. The predicted octanol–water partition coefficient (Wildman–Crippen LogP) is 10.8. The molecule has 9 aromatic rings. The van der Waals surface area contributed by atoms with Crippen LogP contribution in [0.2, 0.25) is 0 Å². The molecule has 0 amide bonds. The highest BCUT2D eigenvalue weighted by Gasteiger charge is 2.14. The molecule has 2 nitrogen and oxygen atoms in total. The van der Waals surface area contributed by atoms with Crippen molar-refractivity contribution in [3.63, 3.8) is 0 Å². The molecule has 0 spiro atoms. The van der Waals surface area contributed by atoms with Gasteiger partial charge in [0.05, 0.1) is 11.0 Å². The second kappa shape index (κ2) is 8.69. The average Bonchev–Trinajstić information content (AvgIpc) is 3.42. The lowest BCUT2D eigenvalue weighted by molar-refractivity contribution is 1.31. The minimum absolute atomic E-state index is 0.948. The Hall–Kier alpha value is -5.12. The van der Waals surface area contributed by atoms with E-state index in [4.69, 9.17) is 4.98 Å². The lowest BCUT2D eigenvalue weighted by Crippen LogP contribution is -1.90. The van der Waals surface area contributed by atoms with Crippen LogP contribution in [0, 0.1) is 0 Å². The van der Waals surface area contributed by atoms with Gasteiger partial charge in [-0.1, -0.05) is 97.1 Å². The van der Waals surface area contributed by atoms with E-state index in [0.29, 0.717) is 0 Å². The van der Waals surface area contributed by atoms with Crippen LogP contribution in [0.1, 0.15) is 0 Å². The maximum absolute atomic E-state index is 4.73. The number of hydrogen-bond donors (Lipinski definition) is 0. The molecule has 0 unspecified atom stereocenters. The Balaban J connectivity index is 1.28. The Morgan fingerprint density at radius 1 is 0.366 bits per heavy atom. The molecule has 0 atom stereocenters. The summed E-state index contributed by atoms with van der Waals surface area (Å²) in [5.74, 6) is 0. The zero-order chi connectivity index (χ0) is 26.9. The number of fused-ring (bicyclic) bond motifs is 10. The van der Waals surface area contributed by atoms with Gasteiger partial charge in [0.1, 0.15) is 0 Å². The zero-order valence-electron chi connectivity index (χ0n) is 22.0. The molecule has 0 aliphatic heterocycles. The molecule has 9 rings (SSSR count). The summed E-state index contributed by atoms with van der Waals surface area (Å²) in [5, 5.41) is 9.85. The van der Waals surface area contributed by atoms with Gasteiger partial charge in [0, 0.05) is 43.3 Å². The van der Waals surface area contributed by atoms with E-state index in [0.717, 1.165) is 21.8 Å². The van der Waals surface area contributed by atoms with Crippen LogP contribution in [0.3, 0.4) is 0 Å². The monoisotopic (exact) mass is 538 g/mol. The van der Waals surface area contributed by atoms with Crippen LogP contribution < -0.4 is 0 Å². The van der Waals surface area contributed by atoms with E-state index in [1.807, 2.05) is 11.3 Å². The fourth-order valence-electron chi connectivity index (χ4n) is 6.49. The molecule has 0 N–H and O–H groups in total. The van der Waals surface area contributed by atoms with Gasteiger partial charge in [-0.25, -0.2) is 0 Å². The van der Waals surface area contributed by atoms with E-state index in [2.05, 4.69) is 126 Å². The van der Waals surface area contributed by atoms with E-state index in [9.17, 15) is 0 Å². The van der Waals surface area contributed by atoms with Crippen molar-refractivity contribution in [2.45, 2.75) is 0 Å². The van der Waals surface area contributed by atoms with Gasteiger partial charge in [-0.15, -0.1) is 11.3 Å². The molecule has 0 aliphatic rings. The number of hydrogen-bond acceptors (Lipinski definition) is 3. The Labute approximate surface area is 240 Å². The van der Waals surface area contributed by atoms with Gasteiger partial charge < -0.3 is 0 Å². The summed E-state index contributed by atoms with van der Waals surface area (Å²) in [6, 6.07) is 44.3. The van der Waals surface area contributed by atoms with Crippen molar-refractivity contribution < 1.29 is 0 Å². The highest BCUT2D eigenvalue weighted by molar-refractivity contribution is 7.25. The van der Waals surface area contributed by atoms with E-state index in [1.54, 1.807) is 12.4 Å². The highest BCUT2D eigenvalue weighted by atomic mass is 32.1. The first-order valence-electron chi connectivity index (χ1n) is 13.8. The minimum atomic E-state index is 0.948. The molecule has 0 saturated heterocycles. The standard InChI is InChI=1S/C38H22N2S/c1-2-8-28-26(24-14-18-36-34(22-24)30-10-5-6-12-35(30)41-36)17-16-25(27(28)7-1)23-13-15-32-33(21-23)29-9-3-4-11-31(29)37-38(32)40-20-19-39-37/h1-22H. The number of benzene rings is 7. The van der Waals surface area contributed by atoms with Gasteiger partial charge in [-0.05, 0) is 68.1 Å². The summed E-state index contributed by atoms with van der Waals surface area (Å²) < 4.78 is 2.67. The first-order valence-corrected chi connectivity index (χ1v) is 14.6. The van der Waals surface area contributed by atoms with E-state index in [1.165, 1.54) is 64.0 Å². The van der Waals surface area contributed by atoms with Crippen LogP contribution >= 0.6 is 11.3 Å². The van der Waals surface area contributed by atoms with Crippen molar-refractivity contribution in [1.29, 1.82) is 0 Å². The molecule has 2 aromatic heterocycles. The van der Waals surface area contributed by atoms with Crippen LogP contribution in [-0.2, 0) is 0 Å². The van der Waals surface area contributed by atoms with Crippen molar-refractivity contribution in [2.75, 3.05) is 0 Å². The first kappa shape index (κ1) is 22.7. The summed E-state index contributed by atoms with van der Waals surface area (Å²) in [6.45, 7) is 0. The van der Waals surface area contributed by atoms with Gasteiger partial charge >= 0.3 is 0 Å². The summed E-state index contributed by atoms with van der Waals surface area (Å²) in [5.41, 5.74) is 6.84. The first-order chi connectivity index (χ1) is 20.3. The Morgan fingerprint density at radius 3 is 1.59 bits per heavy atom. The lowest BCUT2D eigenvalue weighted by atomic mass is 9.90. The third kappa shape index (κ3) is 3.36. The van der Waals surface area contributed by atoms with Crippen LogP contribution in [0.25, 0.3) is 85.8 Å². The van der Waals surface area contributed by atoms with Gasteiger partial charge in [0.2, 0.25) is 0 Å². The molecular weight excluding hydrogens is 516 g/mol. The molecule has 0 saturated carbocycles. The summed E-state index contributed by atoms with van der Waals surface area (Å²) >= 11 is 1.86. The molecule has 41 heavy (non-hydrogen) atoms. The van der Waals surface area contributed by atoms with Crippen molar-refractivity contribution >= 4 is 74.9 Å². The summed E-state index contributed by atoms with van der Waals surface area (Å²) in [6.07, 6.45) is 3.56. The number of aromatic nitrogens is 2. The topological polar surface area (TPSA) is 25.8 Å². The van der Waals surface area contributed by atoms with Gasteiger partial charge in [0.15, 0.2) is 0 Å². The van der Waals surface area contributed by atoms with Crippen molar-refractivity contribution in [1.82, 2.24) is 9.97 Å². The Morgan fingerprint density at radius 2 is 0.878 bits per heavy atom. The molecule has 7 aromatic carbocycles. The zero-order valence-corrected chi connectivity index (χ0v) is 22.8. The Bertz CT molecular complexity index is 2450. The third-order valence-corrected chi connectivity index (χ3v) is 9.52. The SMILES string of the molecule is c1ccc2c(c1)sc1ccc(-c3ccc(-c4ccc5c(c4)c4ccccc4c4nccnc54)c4ccccc34)cc12. The van der Waals surface area contributed by atoms with Crippen LogP contribution in [0.5, 0.6) is 0 Å². The van der Waals surface area contributed by atoms with Crippen molar-refractivity contribution in [3.8, 4) is 22.3 Å². The van der Waals surface area contributed by atoms with E-state index >= 15 is 0 Å². The maximum Gasteiger partial charge on any atom is 0.0971 e. The van der Waals surface area contributed by atoms with Crippen molar-refractivity contribution in [3.05, 3.63) is 134 Å². The highest BCUT2D eigenvalue weighted by Crippen LogP contribution is 2.41. The molecule has 190 valence electrons. The second-order valence-electron chi connectivity index (χ2n) is 10.6. The summed E-state index contributed by atoms with van der Waals surface area (Å²) in [7, 11) is 0. The fourth-order valence-corrected chi connectivity index (χ4v) is 7.58. The second-order valence-corrected chi connectivity index (χ2v) is 11.7. The molecule has 0 bridgehead atoms. The predicted molar refractivity (Wildman–Crippen MR) is 176 cm³/mol. The van der Waals surface area contributed by atoms with Gasteiger partial charge in [0.25, 0.3) is 0 Å². The number of rotatable bonds is 2. The number of thiophene rings is 1.